The lowest BCUT2D eigenvalue weighted by atomic mass is 10.0. The Hall–Kier alpha value is -0.810. The molecule has 1 aliphatic heterocycles. The van der Waals surface area contributed by atoms with Crippen molar-refractivity contribution in [2.45, 2.75) is 25.4 Å². The standard InChI is InChI=1S/C15H23ClN2O2/c1-3-11-10-20-8-7-18(11)13(9-17)15-12(16)5-4-6-14(15)19-2/h4-6,11,13H,3,7-10,17H2,1-2H3. The first-order valence-corrected chi connectivity index (χ1v) is 7.46. The Balaban J connectivity index is 2.36. The molecule has 1 saturated heterocycles. The number of benzene rings is 1. The summed E-state index contributed by atoms with van der Waals surface area (Å²) in [4.78, 5) is 2.40. The Morgan fingerprint density at radius 2 is 2.35 bits per heavy atom. The van der Waals surface area contributed by atoms with Crippen molar-refractivity contribution < 1.29 is 9.47 Å². The van der Waals surface area contributed by atoms with Crippen molar-refractivity contribution in [3.8, 4) is 5.75 Å². The van der Waals surface area contributed by atoms with Crippen LogP contribution in [0.15, 0.2) is 18.2 Å². The zero-order valence-electron chi connectivity index (χ0n) is 12.1. The lowest BCUT2D eigenvalue weighted by Crippen LogP contribution is -2.48. The van der Waals surface area contributed by atoms with Gasteiger partial charge in [0.05, 0.1) is 26.4 Å². The van der Waals surface area contributed by atoms with E-state index in [0.29, 0.717) is 17.6 Å². The van der Waals surface area contributed by atoms with Gasteiger partial charge in [-0.25, -0.2) is 0 Å². The van der Waals surface area contributed by atoms with Gasteiger partial charge < -0.3 is 15.2 Å². The van der Waals surface area contributed by atoms with E-state index >= 15 is 0 Å². The monoisotopic (exact) mass is 298 g/mol. The van der Waals surface area contributed by atoms with Crippen LogP contribution in [0.4, 0.5) is 0 Å². The van der Waals surface area contributed by atoms with E-state index in [4.69, 9.17) is 26.8 Å². The average molecular weight is 299 g/mol. The second kappa shape index (κ2) is 7.27. The molecule has 0 aromatic heterocycles. The van der Waals surface area contributed by atoms with Crippen LogP contribution in [0.25, 0.3) is 0 Å². The van der Waals surface area contributed by atoms with E-state index in [1.165, 1.54) is 0 Å². The van der Waals surface area contributed by atoms with Crippen molar-refractivity contribution in [3.63, 3.8) is 0 Å². The minimum absolute atomic E-state index is 0.0625. The van der Waals surface area contributed by atoms with Crippen LogP contribution in [0.1, 0.15) is 24.9 Å². The highest BCUT2D eigenvalue weighted by atomic mass is 35.5. The van der Waals surface area contributed by atoms with Gasteiger partial charge in [-0.3, -0.25) is 4.90 Å². The molecule has 20 heavy (non-hydrogen) atoms. The summed E-state index contributed by atoms with van der Waals surface area (Å²) in [5, 5.41) is 0.709. The largest absolute Gasteiger partial charge is 0.496 e. The van der Waals surface area contributed by atoms with Crippen LogP contribution in [-0.4, -0.2) is 44.4 Å². The second-order valence-corrected chi connectivity index (χ2v) is 5.39. The molecule has 1 aromatic rings. The number of morpholine rings is 1. The first-order chi connectivity index (χ1) is 9.72. The first kappa shape index (κ1) is 15.6. The van der Waals surface area contributed by atoms with Gasteiger partial charge in [0.15, 0.2) is 0 Å². The molecule has 2 N–H and O–H groups in total. The average Bonchev–Trinajstić information content (AvgIpc) is 2.50. The van der Waals surface area contributed by atoms with Crippen molar-refractivity contribution in [2.75, 3.05) is 33.4 Å². The van der Waals surface area contributed by atoms with Crippen LogP contribution in [0.2, 0.25) is 5.02 Å². The van der Waals surface area contributed by atoms with E-state index in [1.54, 1.807) is 7.11 Å². The fourth-order valence-corrected chi connectivity index (χ4v) is 3.16. The third-order valence-corrected chi connectivity index (χ3v) is 4.26. The SMILES string of the molecule is CCC1COCCN1C(CN)c1c(Cl)cccc1OC. The molecule has 0 amide bonds. The van der Waals surface area contributed by atoms with Crippen LogP contribution in [0.5, 0.6) is 5.75 Å². The number of hydrogen-bond donors (Lipinski definition) is 1. The van der Waals surface area contributed by atoms with Gasteiger partial charge in [0.1, 0.15) is 5.75 Å². The van der Waals surface area contributed by atoms with Crippen LogP contribution in [-0.2, 0) is 4.74 Å². The zero-order valence-corrected chi connectivity index (χ0v) is 12.9. The van der Waals surface area contributed by atoms with Crippen LogP contribution < -0.4 is 10.5 Å². The molecule has 0 spiro atoms. The summed E-state index contributed by atoms with van der Waals surface area (Å²) in [6.45, 7) is 5.04. The number of halogens is 1. The van der Waals surface area contributed by atoms with E-state index in [-0.39, 0.29) is 6.04 Å². The summed E-state index contributed by atoms with van der Waals surface area (Å²) in [7, 11) is 1.67. The molecule has 0 aliphatic carbocycles. The van der Waals surface area contributed by atoms with Gasteiger partial charge in [0.2, 0.25) is 0 Å². The minimum atomic E-state index is 0.0625. The Morgan fingerprint density at radius 1 is 1.55 bits per heavy atom. The smallest absolute Gasteiger partial charge is 0.125 e. The number of ether oxygens (including phenoxy) is 2. The molecular formula is C15H23ClN2O2. The third-order valence-electron chi connectivity index (χ3n) is 3.93. The quantitative estimate of drug-likeness (QED) is 0.907. The highest BCUT2D eigenvalue weighted by Crippen LogP contribution is 2.36. The van der Waals surface area contributed by atoms with Crippen LogP contribution in [0, 0.1) is 0 Å². The molecule has 112 valence electrons. The second-order valence-electron chi connectivity index (χ2n) is 4.98. The summed E-state index contributed by atoms with van der Waals surface area (Å²) >= 11 is 6.40. The van der Waals surface area contributed by atoms with E-state index in [1.807, 2.05) is 18.2 Å². The van der Waals surface area contributed by atoms with Gasteiger partial charge in [-0.05, 0) is 18.6 Å². The van der Waals surface area contributed by atoms with Crippen LogP contribution in [0.3, 0.4) is 0 Å². The van der Waals surface area contributed by atoms with Gasteiger partial charge in [-0.15, -0.1) is 0 Å². The molecule has 4 nitrogen and oxygen atoms in total. The third kappa shape index (κ3) is 3.09. The van der Waals surface area contributed by atoms with E-state index in [2.05, 4.69) is 11.8 Å². The number of hydrogen-bond acceptors (Lipinski definition) is 4. The number of rotatable bonds is 5. The molecule has 1 heterocycles. The lowest BCUT2D eigenvalue weighted by molar-refractivity contribution is -0.0294. The zero-order chi connectivity index (χ0) is 14.5. The Bertz CT molecular complexity index is 442. The molecule has 0 saturated carbocycles. The summed E-state index contributed by atoms with van der Waals surface area (Å²) in [5.74, 6) is 0.800. The van der Waals surface area contributed by atoms with Gasteiger partial charge in [0.25, 0.3) is 0 Å². The molecular weight excluding hydrogens is 276 g/mol. The minimum Gasteiger partial charge on any atom is -0.496 e. The van der Waals surface area contributed by atoms with Crippen LogP contribution >= 0.6 is 11.6 Å². The number of nitrogens with two attached hydrogens (primary N) is 1. The summed E-state index contributed by atoms with van der Waals surface area (Å²) in [6.07, 6.45) is 1.03. The van der Waals surface area contributed by atoms with E-state index in [9.17, 15) is 0 Å². The van der Waals surface area contributed by atoms with Crippen molar-refractivity contribution in [2.24, 2.45) is 5.73 Å². The number of methoxy groups -OCH3 is 1. The topological polar surface area (TPSA) is 47.7 Å². The van der Waals surface area contributed by atoms with Crippen molar-refractivity contribution in [1.82, 2.24) is 4.90 Å². The summed E-state index contributed by atoms with van der Waals surface area (Å²) in [6, 6.07) is 6.16. The first-order valence-electron chi connectivity index (χ1n) is 7.08. The molecule has 0 bridgehead atoms. The highest BCUT2D eigenvalue weighted by Gasteiger charge is 2.31. The fraction of sp³-hybridized carbons (Fsp3) is 0.600. The Labute approximate surface area is 125 Å². The van der Waals surface area contributed by atoms with Gasteiger partial charge in [-0.1, -0.05) is 24.6 Å². The van der Waals surface area contributed by atoms with Gasteiger partial charge >= 0.3 is 0 Å². The maximum absolute atomic E-state index is 6.40. The normalized spacial score (nSPS) is 21.7. The predicted molar refractivity (Wildman–Crippen MR) is 81.4 cm³/mol. The van der Waals surface area contributed by atoms with Crippen molar-refractivity contribution in [3.05, 3.63) is 28.8 Å². The van der Waals surface area contributed by atoms with E-state index in [0.717, 1.165) is 37.5 Å². The predicted octanol–water partition coefficient (Wildman–Crippen LogP) is 2.46. The summed E-state index contributed by atoms with van der Waals surface area (Å²) < 4.78 is 11.0. The molecule has 1 aromatic carbocycles. The highest BCUT2D eigenvalue weighted by molar-refractivity contribution is 6.31. The molecule has 1 aliphatic rings. The molecule has 1 fully saturated rings. The Kier molecular flexibility index (Phi) is 5.66. The molecule has 5 heteroatoms. The molecule has 2 unspecified atom stereocenters. The molecule has 2 atom stereocenters. The number of nitrogens with zero attached hydrogens (tertiary/aromatic N) is 1. The summed E-state index contributed by atoms with van der Waals surface area (Å²) in [5.41, 5.74) is 7.03. The Morgan fingerprint density at radius 3 is 3.00 bits per heavy atom. The maximum Gasteiger partial charge on any atom is 0.125 e. The molecule has 0 radical (unpaired) electrons. The maximum atomic E-state index is 6.40. The van der Waals surface area contributed by atoms with Crippen molar-refractivity contribution >= 4 is 11.6 Å². The molecule has 2 rings (SSSR count). The van der Waals surface area contributed by atoms with E-state index < -0.39 is 0 Å². The van der Waals surface area contributed by atoms with Gasteiger partial charge in [-0.2, -0.15) is 0 Å². The van der Waals surface area contributed by atoms with Crippen molar-refractivity contribution in [1.29, 1.82) is 0 Å². The lowest BCUT2D eigenvalue weighted by Gasteiger charge is -2.41. The fourth-order valence-electron chi connectivity index (χ4n) is 2.87. The van der Waals surface area contributed by atoms with Gasteiger partial charge in [0, 0.05) is 29.7 Å².